The Bertz CT molecular complexity index is 338. The van der Waals surface area contributed by atoms with Crippen LogP contribution in [0.15, 0.2) is 0 Å². The maximum atomic E-state index is 3.88. The lowest BCUT2D eigenvalue weighted by Gasteiger charge is -2.46. The Morgan fingerprint density at radius 1 is 0.920 bits per heavy atom. The summed E-state index contributed by atoms with van der Waals surface area (Å²) in [6, 6.07) is 1.64. The van der Waals surface area contributed by atoms with Gasteiger partial charge in [-0.15, -0.1) is 0 Å². The summed E-state index contributed by atoms with van der Waals surface area (Å²) in [7, 11) is 0. The molecule has 1 N–H and O–H groups in total. The molecule has 2 heteroatoms. The maximum Gasteiger partial charge on any atom is 0.0168 e. The normalized spacial score (nSPS) is 21.4. The van der Waals surface area contributed by atoms with Crippen molar-refractivity contribution >= 4 is 0 Å². The first-order valence-electron chi connectivity index (χ1n) is 11.5. The molecule has 2 fully saturated rings. The Kier molecular flexibility index (Phi) is 9.27. The molecule has 148 valence electrons. The molecule has 0 bridgehead atoms. The van der Waals surface area contributed by atoms with E-state index in [-0.39, 0.29) is 0 Å². The predicted octanol–water partition coefficient (Wildman–Crippen LogP) is 6.15. The summed E-state index contributed by atoms with van der Waals surface area (Å²) in [6.07, 6.45) is 18.4. The highest BCUT2D eigenvalue weighted by Gasteiger charge is 2.32. The molecule has 25 heavy (non-hydrogen) atoms. The Morgan fingerprint density at radius 2 is 1.52 bits per heavy atom. The highest BCUT2D eigenvalue weighted by atomic mass is 15.2. The van der Waals surface area contributed by atoms with Crippen LogP contribution in [0.2, 0.25) is 0 Å². The zero-order valence-electron chi connectivity index (χ0n) is 17.8. The van der Waals surface area contributed by atoms with E-state index in [2.05, 4.69) is 37.9 Å². The van der Waals surface area contributed by atoms with Crippen molar-refractivity contribution in [2.24, 2.45) is 5.92 Å². The first kappa shape index (κ1) is 21.2. The number of nitrogens with zero attached hydrogens (tertiary/aromatic N) is 1. The van der Waals surface area contributed by atoms with Crippen molar-refractivity contribution in [1.82, 2.24) is 10.2 Å². The van der Waals surface area contributed by atoms with Gasteiger partial charge in [0.25, 0.3) is 0 Å². The van der Waals surface area contributed by atoms with Crippen molar-refractivity contribution in [2.75, 3.05) is 13.1 Å². The largest absolute Gasteiger partial charge is 0.314 e. The van der Waals surface area contributed by atoms with Gasteiger partial charge in [0.15, 0.2) is 0 Å². The van der Waals surface area contributed by atoms with E-state index in [1.807, 2.05) is 0 Å². The van der Waals surface area contributed by atoms with Crippen LogP contribution < -0.4 is 5.32 Å². The molecule has 0 aromatic heterocycles. The van der Waals surface area contributed by atoms with Crippen molar-refractivity contribution in [3.05, 3.63) is 0 Å². The molecule has 0 amide bonds. The summed E-state index contributed by atoms with van der Waals surface area (Å²) >= 11 is 0. The molecule has 2 nitrogen and oxygen atoms in total. The van der Waals surface area contributed by atoms with Crippen LogP contribution in [0.5, 0.6) is 0 Å². The van der Waals surface area contributed by atoms with Crippen LogP contribution in [0.1, 0.15) is 111 Å². The zero-order valence-corrected chi connectivity index (χ0v) is 17.8. The molecule has 0 aliphatic heterocycles. The van der Waals surface area contributed by atoms with Crippen LogP contribution in [-0.2, 0) is 0 Å². The summed E-state index contributed by atoms with van der Waals surface area (Å²) in [5.41, 5.74) is 0.334. The fraction of sp³-hybridized carbons (Fsp3) is 1.00. The van der Waals surface area contributed by atoms with Crippen LogP contribution in [0.25, 0.3) is 0 Å². The van der Waals surface area contributed by atoms with E-state index in [4.69, 9.17) is 0 Å². The molecular formula is C23H46N2. The Morgan fingerprint density at radius 3 is 2.12 bits per heavy atom. The SMILES string of the molecule is CC(C)CCCN(C1CCCCC1)C(C)(C)CCNC1CCCCC1. The van der Waals surface area contributed by atoms with Crippen LogP contribution in [-0.4, -0.2) is 35.6 Å². The lowest BCUT2D eigenvalue weighted by molar-refractivity contribution is 0.0396. The summed E-state index contributed by atoms with van der Waals surface area (Å²) in [5, 5.41) is 3.88. The van der Waals surface area contributed by atoms with E-state index >= 15 is 0 Å². The van der Waals surface area contributed by atoms with Crippen LogP contribution in [0.3, 0.4) is 0 Å². The molecule has 0 unspecified atom stereocenters. The highest BCUT2D eigenvalue weighted by Crippen LogP contribution is 2.31. The number of hydrogen-bond acceptors (Lipinski definition) is 2. The average molecular weight is 351 g/mol. The molecule has 0 aromatic carbocycles. The third-order valence-electron chi connectivity index (χ3n) is 6.75. The smallest absolute Gasteiger partial charge is 0.0168 e. The van der Waals surface area contributed by atoms with Gasteiger partial charge in [0, 0.05) is 17.6 Å². The lowest BCUT2D eigenvalue weighted by atomic mass is 9.87. The highest BCUT2D eigenvalue weighted by molar-refractivity contribution is 4.89. The molecule has 2 saturated carbocycles. The first-order chi connectivity index (χ1) is 12.0. The van der Waals surface area contributed by atoms with Gasteiger partial charge in [-0.3, -0.25) is 4.90 Å². The molecule has 0 heterocycles. The van der Waals surface area contributed by atoms with Gasteiger partial charge in [0.2, 0.25) is 0 Å². The molecule has 2 aliphatic rings. The van der Waals surface area contributed by atoms with Gasteiger partial charge >= 0.3 is 0 Å². The molecule has 0 atom stereocenters. The summed E-state index contributed by atoms with van der Waals surface area (Å²) in [4.78, 5) is 2.91. The fourth-order valence-corrected chi connectivity index (χ4v) is 5.07. The molecule has 2 rings (SSSR count). The van der Waals surface area contributed by atoms with Crippen molar-refractivity contribution < 1.29 is 0 Å². The number of hydrogen-bond donors (Lipinski definition) is 1. The van der Waals surface area contributed by atoms with Crippen molar-refractivity contribution in [1.29, 1.82) is 0 Å². The second-order valence-electron chi connectivity index (χ2n) is 9.87. The van der Waals surface area contributed by atoms with Gasteiger partial charge in [-0.1, -0.05) is 52.4 Å². The van der Waals surface area contributed by atoms with Crippen LogP contribution in [0, 0.1) is 5.92 Å². The van der Waals surface area contributed by atoms with Crippen LogP contribution >= 0.6 is 0 Å². The molecular weight excluding hydrogens is 304 g/mol. The van der Waals surface area contributed by atoms with E-state index < -0.39 is 0 Å². The minimum absolute atomic E-state index is 0.334. The second-order valence-corrected chi connectivity index (χ2v) is 9.87. The van der Waals surface area contributed by atoms with Crippen LogP contribution in [0.4, 0.5) is 0 Å². The lowest BCUT2D eigenvalue weighted by Crippen LogP contribution is -2.52. The van der Waals surface area contributed by atoms with Gasteiger partial charge in [-0.05, 0) is 77.8 Å². The Balaban J connectivity index is 1.84. The maximum absolute atomic E-state index is 3.88. The number of rotatable bonds is 10. The summed E-state index contributed by atoms with van der Waals surface area (Å²) in [5.74, 6) is 0.837. The van der Waals surface area contributed by atoms with Crippen molar-refractivity contribution in [2.45, 2.75) is 129 Å². The van der Waals surface area contributed by atoms with Gasteiger partial charge in [-0.2, -0.15) is 0 Å². The molecule has 0 saturated heterocycles. The van der Waals surface area contributed by atoms with Gasteiger partial charge < -0.3 is 5.32 Å². The topological polar surface area (TPSA) is 15.3 Å². The average Bonchev–Trinajstić information content (AvgIpc) is 2.60. The van der Waals surface area contributed by atoms with E-state index in [9.17, 15) is 0 Å². The monoisotopic (exact) mass is 350 g/mol. The summed E-state index contributed by atoms with van der Waals surface area (Å²) in [6.45, 7) is 12.3. The van der Waals surface area contributed by atoms with Gasteiger partial charge in [0.05, 0.1) is 0 Å². The molecule has 0 radical (unpaired) electrons. The van der Waals surface area contributed by atoms with Gasteiger partial charge in [-0.25, -0.2) is 0 Å². The zero-order chi connectivity index (χ0) is 18.1. The quantitative estimate of drug-likeness (QED) is 0.508. The van der Waals surface area contributed by atoms with Crippen molar-refractivity contribution in [3.63, 3.8) is 0 Å². The standard InChI is InChI=1S/C23H46N2/c1-20(2)12-11-19-25(22-15-9-6-10-16-22)23(3,4)17-18-24-21-13-7-5-8-14-21/h20-22,24H,5-19H2,1-4H3. The second kappa shape index (κ2) is 10.9. The fourth-order valence-electron chi connectivity index (χ4n) is 5.07. The molecule has 0 spiro atoms. The van der Waals surface area contributed by atoms with E-state index in [0.29, 0.717) is 5.54 Å². The Hall–Kier alpha value is -0.0800. The van der Waals surface area contributed by atoms with Gasteiger partial charge in [0.1, 0.15) is 0 Å². The molecule has 0 aromatic rings. The van der Waals surface area contributed by atoms with Crippen molar-refractivity contribution in [3.8, 4) is 0 Å². The van der Waals surface area contributed by atoms with E-state index in [1.54, 1.807) is 0 Å². The third-order valence-corrected chi connectivity index (χ3v) is 6.75. The first-order valence-corrected chi connectivity index (χ1v) is 11.5. The third kappa shape index (κ3) is 7.59. The number of nitrogens with one attached hydrogen (secondary N) is 1. The van der Waals surface area contributed by atoms with E-state index in [1.165, 1.54) is 96.6 Å². The summed E-state index contributed by atoms with van der Waals surface area (Å²) < 4.78 is 0. The predicted molar refractivity (Wildman–Crippen MR) is 111 cm³/mol. The van der Waals surface area contributed by atoms with E-state index in [0.717, 1.165) is 18.0 Å². The minimum atomic E-state index is 0.334. The Labute approximate surface area is 158 Å². The minimum Gasteiger partial charge on any atom is -0.314 e. The molecule has 2 aliphatic carbocycles.